The average Bonchev–Trinajstić information content (AvgIpc) is 2.57. The highest BCUT2D eigenvalue weighted by molar-refractivity contribution is 7.10. The van der Waals surface area contributed by atoms with Gasteiger partial charge in [-0.3, -0.25) is 8.75 Å². The van der Waals surface area contributed by atoms with Crippen molar-refractivity contribution in [2.75, 3.05) is 0 Å². The van der Waals surface area contributed by atoms with Crippen molar-refractivity contribution in [3.63, 3.8) is 0 Å². The summed E-state index contributed by atoms with van der Waals surface area (Å²) in [5, 5.41) is 0. The molecule has 78 valence electrons. The first-order valence-corrected chi connectivity index (χ1v) is 5.47. The third-order valence-electron chi connectivity index (χ3n) is 2.20. The fourth-order valence-electron chi connectivity index (χ4n) is 1.40. The van der Waals surface area contributed by atoms with Crippen LogP contribution in [0.25, 0.3) is 10.4 Å². The van der Waals surface area contributed by atoms with Crippen molar-refractivity contribution < 1.29 is 0 Å². The van der Waals surface area contributed by atoms with Crippen molar-refractivity contribution in [1.29, 1.82) is 0 Å². The molecule has 2 rings (SSSR count). The number of nitrogens with zero attached hydrogens (tertiary/aromatic N) is 3. The minimum atomic E-state index is 0.0846. The van der Waals surface area contributed by atoms with Crippen LogP contribution in [0.15, 0.2) is 23.5 Å². The largest absolute Gasteiger partial charge is 0.268 e. The highest BCUT2D eigenvalue weighted by Crippen LogP contribution is 2.24. The Morgan fingerprint density at radius 3 is 2.60 bits per heavy atom. The Hall–Kier alpha value is -1.49. The van der Waals surface area contributed by atoms with Crippen LogP contribution in [0, 0.1) is 6.92 Å². The van der Waals surface area contributed by atoms with Gasteiger partial charge < -0.3 is 0 Å². The minimum Gasteiger partial charge on any atom is -0.268 e. The van der Waals surface area contributed by atoms with Crippen LogP contribution >= 0.6 is 11.5 Å². The van der Waals surface area contributed by atoms with Crippen LogP contribution in [0.1, 0.15) is 12.5 Å². The second kappa shape index (κ2) is 3.94. The molecule has 0 N–H and O–H groups in total. The summed E-state index contributed by atoms with van der Waals surface area (Å²) in [4.78, 5) is 20.6. The topological polar surface area (TPSA) is 47.8 Å². The van der Waals surface area contributed by atoms with E-state index in [1.54, 1.807) is 16.4 Å². The van der Waals surface area contributed by atoms with Gasteiger partial charge in [0.1, 0.15) is 6.33 Å². The molecule has 5 heteroatoms. The number of rotatable bonds is 2. The zero-order valence-corrected chi connectivity index (χ0v) is 9.41. The normalized spacial score (nSPS) is 10.5. The lowest BCUT2D eigenvalue weighted by molar-refractivity contribution is 0.805. The van der Waals surface area contributed by atoms with Crippen molar-refractivity contribution >= 4 is 11.5 Å². The van der Waals surface area contributed by atoms with E-state index in [0.717, 1.165) is 16.0 Å². The average molecular weight is 221 g/mol. The molecule has 0 saturated heterocycles. The summed E-state index contributed by atoms with van der Waals surface area (Å²) in [5.41, 5.74) is 1.77. The molecule has 0 unspecified atom stereocenters. The molecule has 2 heterocycles. The van der Waals surface area contributed by atoms with Gasteiger partial charge in [0.2, 0.25) is 0 Å². The molecule has 0 fully saturated rings. The second-order valence-electron chi connectivity index (χ2n) is 3.17. The van der Waals surface area contributed by atoms with Crippen molar-refractivity contribution in [2.24, 2.45) is 0 Å². The second-order valence-corrected chi connectivity index (χ2v) is 4.20. The first kappa shape index (κ1) is 10.0. The summed E-state index contributed by atoms with van der Waals surface area (Å²) in [6.07, 6.45) is 4.94. The maximum Gasteiger partial charge on any atom is 0.264 e. The van der Waals surface area contributed by atoms with Gasteiger partial charge in [0.05, 0.1) is 4.88 Å². The number of aromatic nitrogens is 3. The van der Waals surface area contributed by atoms with E-state index in [1.807, 2.05) is 13.8 Å². The van der Waals surface area contributed by atoms with Crippen LogP contribution in [0.4, 0.5) is 0 Å². The summed E-state index contributed by atoms with van der Waals surface area (Å²) in [7, 11) is 0. The molecule has 0 atom stereocenters. The van der Waals surface area contributed by atoms with E-state index in [1.165, 1.54) is 17.9 Å². The van der Waals surface area contributed by atoms with Crippen molar-refractivity contribution in [2.45, 2.75) is 20.4 Å². The number of aryl methyl sites for hydroxylation is 1. The maximum atomic E-state index is 11.7. The summed E-state index contributed by atoms with van der Waals surface area (Å²) >= 11 is 1.46. The minimum absolute atomic E-state index is 0.0846. The van der Waals surface area contributed by atoms with Crippen molar-refractivity contribution in [1.82, 2.24) is 13.9 Å². The number of hydrogen-bond acceptors (Lipinski definition) is 4. The van der Waals surface area contributed by atoms with Gasteiger partial charge in [-0.05, 0) is 13.8 Å². The predicted octanol–water partition coefficient (Wildman–Crippen LogP) is 1.70. The van der Waals surface area contributed by atoms with E-state index in [-0.39, 0.29) is 5.56 Å². The molecule has 0 radical (unpaired) electrons. The highest BCUT2D eigenvalue weighted by Gasteiger charge is 2.11. The standard InChI is InChI=1S/C10H11N3OS/c1-3-13-10(14)7(2)9(15-13)8-4-11-6-12-5-8/h4-6H,3H2,1-2H3. The van der Waals surface area contributed by atoms with Crippen molar-refractivity contribution in [3.8, 4) is 10.4 Å². The fourth-order valence-corrected chi connectivity index (χ4v) is 2.40. The van der Waals surface area contributed by atoms with Crippen LogP contribution < -0.4 is 5.56 Å². The molecule has 0 aliphatic rings. The van der Waals surface area contributed by atoms with Gasteiger partial charge in [0.15, 0.2) is 0 Å². The van der Waals surface area contributed by atoms with Crippen LogP contribution in [-0.2, 0) is 6.54 Å². The maximum absolute atomic E-state index is 11.7. The molecule has 0 amide bonds. The Labute approximate surface area is 91.4 Å². The molecule has 0 saturated carbocycles. The van der Waals surface area contributed by atoms with E-state index < -0.39 is 0 Å². The summed E-state index contributed by atoms with van der Waals surface area (Å²) in [6.45, 7) is 4.51. The van der Waals surface area contributed by atoms with Crippen LogP contribution in [0.2, 0.25) is 0 Å². The molecule has 15 heavy (non-hydrogen) atoms. The molecule has 0 aliphatic heterocycles. The summed E-state index contributed by atoms with van der Waals surface area (Å²) < 4.78 is 1.73. The smallest absolute Gasteiger partial charge is 0.264 e. The van der Waals surface area contributed by atoms with E-state index in [2.05, 4.69) is 9.97 Å². The van der Waals surface area contributed by atoms with Gasteiger partial charge in [0.25, 0.3) is 5.56 Å². The number of hydrogen-bond donors (Lipinski definition) is 0. The predicted molar refractivity (Wildman–Crippen MR) is 60.0 cm³/mol. The molecular formula is C10H11N3OS. The molecule has 2 aromatic rings. The molecule has 0 bridgehead atoms. The lowest BCUT2D eigenvalue weighted by Crippen LogP contribution is -2.13. The first-order chi connectivity index (χ1) is 7.24. The van der Waals surface area contributed by atoms with Gasteiger partial charge in [0, 0.05) is 30.1 Å². The monoisotopic (exact) mass is 221 g/mol. The van der Waals surface area contributed by atoms with E-state index in [9.17, 15) is 4.79 Å². The lowest BCUT2D eigenvalue weighted by atomic mass is 10.2. The SMILES string of the molecule is CCn1sc(-c2cncnc2)c(C)c1=O. The Morgan fingerprint density at radius 2 is 2.07 bits per heavy atom. The van der Waals surface area contributed by atoms with E-state index >= 15 is 0 Å². The van der Waals surface area contributed by atoms with Gasteiger partial charge in [-0.25, -0.2) is 9.97 Å². The Bertz CT molecular complexity index is 515. The van der Waals surface area contributed by atoms with Crippen LogP contribution in [-0.4, -0.2) is 13.9 Å². The molecular weight excluding hydrogens is 210 g/mol. The lowest BCUT2D eigenvalue weighted by Gasteiger charge is -1.95. The van der Waals surface area contributed by atoms with E-state index in [0.29, 0.717) is 6.54 Å². The third-order valence-corrected chi connectivity index (χ3v) is 3.57. The summed E-state index contributed by atoms with van der Waals surface area (Å²) in [6, 6.07) is 0. The molecule has 0 aliphatic carbocycles. The van der Waals surface area contributed by atoms with E-state index in [4.69, 9.17) is 0 Å². The molecule has 0 aromatic carbocycles. The highest BCUT2D eigenvalue weighted by atomic mass is 32.1. The van der Waals surface area contributed by atoms with Crippen LogP contribution in [0.5, 0.6) is 0 Å². The Balaban J connectivity index is 2.60. The zero-order chi connectivity index (χ0) is 10.8. The van der Waals surface area contributed by atoms with Gasteiger partial charge in [-0.15, -0.1) is 0 Å². The Kier molecular flexibility index (Phi) is 2.64. The van der Waals surface area contributed by atoms with Gasteiger partial charge >= 0.3 is 0 Å². The molecule has 4 nitrogen and oxygen atoms in total. The Morgan fingerprint density at radius 1 is 1.40 bits per heavy atom. The summed E-state index contributed by atoms with van der Waals surface area (Å²) in [5.74, 6) is 0. The van der Waals surface area contributed by atoms with Gasteiger partial charge in [-0.1, -0.05) is 11.5 Å². The van der Waals surface area contributed by atoms with Crippen LogP contribution in [0.3, 0.4) is 0 Å². The van der Waals surface area contributed by atoms with Crippen molar-refractivity contribution in [3.05, 3.63) is 34.6 Å². The zero-order valence-electron chi connectivity index (χ0n) is 8.60. The molecule has 2 aromatic heterocycles. The fraction of sp³-hybridized carbons (Fsp3) is 0.300. The van der Waals surface area contributed by atoms with Gasteiger partial charge in [-0.2, -0.15) is 0 Å². The molecule has 0 spiro atoms. The first-order valence-electron chi connectivity index (χ1n) is 4.70. The quantitative estimate of drug-likeness (QED) is 0.775. The third kappa shape index (κ3) is 1.70.